The Bertz CT molecular complexity index is 895. The highest BCUT2D eigenvalue weighted by atomic mass is 16.6. The molecule has 2 rings (SSSR count). The van der Waals surface area contributed by atoms with Gasteiger partial charge >= 0.3 is 0 Å². The summed E-state index contributed by atoms with van der Waals surface area (Å²) in [5.74, 6) is -0.822. The van der Waals surface area contributed by atoms with E-state index in [2.05, 4.69) is 10.6 Å². The summed E-state index contributed by atoms with van der Waals surface area (Å²) in [6.45, 7) is 3.68. The highest BCUT2D eigenvalue weighted by molar-refractivity contribution is 6.00. The summed E-state index contributed by atoms with van der Waals surface area (Å²) >= 11 is 0. The Morgan fingerprint density at radius 2 is 1.85 bits per heavy atom. The first kappa shape index (κ1) is 19.9. The van der Waals surface area contributed by atoms with E-state index in [1.165, 1.54) is 30.1 Å². The van der Waals surface area contributed by atoms with E-state index in [1.54, 1.807) is 13.1 Å². The Hall–Kier alpha value is -3.42. The first-order valence-electron chi connectivity index (χ1n) is 8.32. The SMILES string of the molecule is CNc1ccc(C(=O)N(C)CC(=O)Nc2cccc(C)c2C)cc1[N+](=O)[O-]. The maximum atomic E-state index is 12.5. The molecule has 0 saturated heterocycles. The third kappa shape index (κ3) is 4.60. The number of aryl methyl sites for hydroxylation is 1. The third-order valence-corrected chi connectivity index (χ3v) is 4.32. The van der Waals surface area contributed by atoms with Gasteiger partial charge in [0.05, 0.1) is 11.5 Å². The zero-order chi connectivity index (χ0) is 20.1. The third-order valence-electron chi connectivity index (χ3n) is 4.32. The predicted octanol–water partition coefficient (Wildman–Crippen LogP) is 2.96. The highest BCUT2D eigenvalue weighted by Gasteiger charge is 2.20. The number of benzene rings is 2. The number of amides is 2. The van der Waals surface area contributed by atoms with Crippen molar-refractivity contribution in [1.29, 1.82) is 0 Å². The molecule has 8 nitrogen and oxygen atoms in total. The lowest BCUT2D eigenvalue weighted by molar-refractivity contribution is -0.384. The average Bonchev–Trinajstić information content (AvgIpc) is 2.64. The van der Waals surface area contributed by atoms with Gasteiger partial charge in [-0.2, -0.15) is 0 Å². The van der Waals surface area contributed by atoms with Gasteiger partial charge in [0.25, 0.3) is 11.6 Å². The first-order chi connectivity index (χ1) is 12.7. The molecule has 0 aromatic heterocycles. The molecule has 8 heteroatoms. The minimum Gasteiger partial charge on any atom is -0.383 e. The summed E-state index contributed by atoms with van der Waals surface area (Å²) in [5, 5.41) is 16.6. The van der Waals surface area contributed by atoms with Crippen molar-refractivity contribution < 1.29 is 14.5 Å². The standard InChI is InChI=1S/C19H22N4O4/c1-12-6-5-7-15(13(12)2)21-18(24)11-22(4)19(25)14-8-9-16(20-3)17(10-14)23(26)27/h5-10,20H,11H2,1-4H3,(H,21,24). The number of hydrogen-bond acceptors (Lipinski definition) is 5. The summed E-state index contributed by atoms with van der Waals surface area (Å²) in [7, 11) is 3.04. The smallest absolute Gasteiger partial charge is 0.293 e. The van der Waals surface area contributed by atoms with Crippen LogP contribution in [0.15, 0.2) is 36.4 Å². The normalized spacial score (nSPS) is 10.2. The molecule has 0 atom stereocenters. The van der Waals surface area contributed by atoms with Crippen molar-refractivity contribution in [2.24, 2.45) is 0 Å². The molecule has 2 aromatic rings. The number of nitrogens with one attached hydrogen (secondary N) is 2. The number of hydrogen-bond donors (Lipinski definition) is 2. The molecule has 2 N–H and O–H groups in total. The Labute approximate surface area is 157 Å². The number of anilines is 2. The lowest BCUT2D eigenvalue weighted by Gasteiger charge is -2.18. The van der Waals surface area contributed by atoms with Crippen LogP contribution in [0.4, 0.5) is 17.1 Å². The summed E-state index contributed by atoms with van der Waals surface area (Å²) in [4.78, 5) is 36.6. The van der Waals surface area contributed by atoms with Crippen LogP contribution in [-0.2, 0) is 4.79 Å². The fraction of sp³-hybridized carbons (Fsp3) is 0.263. The quantitative estimate of drug-likeness (QED) is 0.601. The summed E-state index contributed by atoms with van der Waals surface area (Å²) in [6.07, 6.45) is 0. The second-order valence-corrected chi connectivity index (χ2v) is 6.20. The molecule has 2 amide bonds. The summed E-state index contributed by atoms with van der Waals surface area (Å²) in [6, 6.07) is 9.74. The maximum absolute atomic E-state index is 12.5. The van der Waals surface area contributed by atoms with Crippen molar-refractivity contribution in [3.8, 4) is 0 Å². The van der Waals surface area contributed by atoms with Crippen LogP contribution in [0.1, 0.15) is 21.5 Å². The Morgan fingerprint density at radius 1 is 1.15 bits per heavy atom. The largest absolute Gasteiger partial charge is 0.383 e. The van der Waals surface area contributed by atoms with E-state index in [-0.39, 0.29) is 23.7 Å². The number of carbonyl (C=O) groups excluding carboxylic acids is 2. The van der Waals surface area contributed by atoms with Gasteiger partial charge in [-0.15, -0.1) is 0 Å². The molecule has 2 aromatic carbocycles. The molecular weight excluding hydrogens is 348 g/mol. The highest BCUT2D eigenvalue weighted by Crippen LogP contribution is 2.25. The second-order valence-electron chi connectivity index (χ2n) is 6.20. The van der Waals surface area contributed by atoms with E-state index in [9.17, 15) is 19.7 Å². The number of carbonyl (C=O) groups is 2. The van der Waals surface area contributed by atoms with Gasteiger partial charge in [-0.3, -0.25) is 19.7 Å². The monoisotopic (exact) mass is 370 g/mol. The molecule has 27 heavy (non-hydrogen) atoms. The van der Waals surface area contributed by atoms with E-state index in [0.717, 1.165) is 11.1 Å². The van der Waals surface area contributed by atoms with Gasteiger partial charge in [-0.05, 0) is 43.2 Å². The summed E-state index contributed by atoms with van der Waals surface area (Å²) in [5.41, 5.74) is 2.95. The molecule has 0 unspecified atom stereocenters. The van der Waals surface area contributed by atoms with Crippen LogP contribution in [0.2, 0.25) is 0 Å². The molecule has 0 aliphatic rings. The van der Waals surface area contributed by atoms with Crippen molar-refractivity contribution in [2.45, 2.75) is 13.8 Å². The van der Waals surface area contributed by atoms with Gasteiger partial charge in [0.15, 0.2) is 0 Å². The van der Waals surface area contributed by atoms with Gasteiger partial charge in [0.1, 0.15) is 5.69 Å². The van der Waals surface area contributed by atoms with Gasteiger partial charge in [0, 0.05) is 31.4 Å². The Kier molecular flexibility index (Phi) is 6.12. The molecule has 0 aliphatic carbocycles. The van der Waals surface area contributed by atoms with E-state index in [4.69, 9.17) is 0 Å². The molecule has 0 aliphatic heterocycles. The molecule has 142 valence electrons. The number of likely N-dealkylation sites (N-methyl/N-ethyl adjacent to an activating group) is 1. The van der Waals surface area contributed by atoms with Gasteiger partial charge in [0.2, 0.25) is 5.91 Å². The van der Waals surface area contributed by atoms with E-state index in [1.807, 2.05) is 26.0 Å². The van der Waals surface area contributed by atoms with Gasteiger partial charge < -0.3 is 15.5 Å². The topological polar surface area (TPSA) is 105 Å². The van der Waals surface area contributed by atoms with E-state index < -0.39 is 10.8 Å². The maximum Gasteiger partial charge on any atom is 0.293 e. The second kappa shape index (κ2) is 8.31. The zero-order valence-electron chi connectivity index (χ0n) is 15.7. The molecular formula is C19H22N4O4. The fourth-order valence-corrected chi connectivity index (χ4v) is 2.61. The fourth-order valence-electron chi connectivity index (χ4n) is 2.61. The van der Waals surface area contributed by atoms with Crippen LogP contribution < -0.4 is 10.6 Å². The molecule has 0 radical (unpaired) electrons. The lowest BCUT2D eigenvalue weighted by atomic mass is 10.1. The van der Waals surface area contributed by atoms with Crippen LogP contribution in [0.5, 0.6) is 0 Å². The number of nitrogens with zero attached hydrogens (tertiary/aromatic N) is 2. The minimum atomic E-state index is -0.560. The van der Waals surface area contributed by atoms with Crippen LogP contribution in [0.25, 0.3) is 0 Å². The van der Waals surface area contributed by atoms with Gasteiger partial charge in [-0.25, -0.2) is 0 Å². The van der Waals surface area contributed by atoms with Crippen molar-refractivity contribution in [3.05, 3.63) is 63.2 Å². The van der Waals surface area contributed by atoms with Crippen LogP contribution in [0.3, 0.4) is 0 Å². The number of nitro groups is 1. The average molecular weight is 370 g/mol. The first-order valence-corrected chi connectivity index (χ1v) is 8.32. The van der Waals surface area contributed by atoms with Crippen molar-refractivity contribution in [3.63, 3.8) is 0 Å². The summed E-state index contributed by atoms with van der Waals surface area (Å²) < 4.78 is 0. The molecule has 0 heterocycles. The molecule has 0 fully saturated rings. The molecule has 0 bridgehead atoms. The molecule has 0 spiro atoms. The van der Waals surface area contributed by atoms with Crippen LogP contribution in [0, 0.1) is 24.0 Å². The molecule has 0 saturated carbocycles. The van der Waals surface area contributed by atoms with Crippen LogP contribution in [-0.4, -0.2) is 42.3 Å². The van der Waals surface area contributed by atoms with Crippen molar-refractivity contribution in [2.75, 3.05) is 31.3 Å². The zero-order valence-corrected chi connectivity index (χ0v) is 15.7. The van der Waals surface area contributed by atoms with E-state index in [0.29, 0.717) is 11.4 Å². The Morgan fingerprint density at radius 3 is 2.48 bits per heavy atom. The lowest BCUT2D eigenvalue weighted by Crippen LogP contribution is -2.35. The predicted molar refractivity (Wildman–Crippen MR) is 104 cm³/mol. The number of rotatable bonds is 6. The number of nitro benzene ring substituents is 1. The minimum absolute atomic E-state index is 0.141. The van der Waals surface area contributed by atoms with E-state index >= 15 is 0 Å². The Balaban J connectivity index is 2.11. The van der Waals surface area contributed by atoms with Crippen molar-refractivity contribution >= 4 is 28.9 Å². The van der Waals surface area contributed by atoms with Crippen LogP contribution >= 0.6 is 0 Å². The van der Waals surface area contributed by atoms with Gasteiger partial charge in [-0.1, -0.05) is 12.1 Å². The van der Waals surface area contributed by atoms with Crippen molar-refractivity contribution in [1.82, 2.24) is 4.90 Å².